The number of ether oxygens (including phenoxy) is 2. The molecular formula is C14H20O3. The number of hydrogen-bond acceptors (Lipinski definition) is 3. The van der Waals surface area contributed by atoms with Crippen LogP contribution in [0.3, 0.4) is 0 Å². The summed E-state index contributed by atoms with van der Waals surface area (Å²) in [5.74, 6) is 1.61. The van der Waals surface area contributed by atoms with E-state index in [4.69, 9.17) is 14.6 Å². The summed E-state index contributed by atoms with van der Waals surface area (Å²) in [7, 11) is 1.70. The summed E-state index contributed by atoms with van der Waals surface area (Å²) < 4.78 is 10.8. The Kier molecular flexibility index (Phi) is 4.40. The third-order valence-corrected chi connectivity index (χ3v) is 3.03. The van der Waals surface area contributed by atoms with Crippen LogP contribution < -0.4 is 4.74 Å². The molecule has 0 spiro atoms. The highest BCUT2D eigenvalue weighted by Gasteiger charge is 2.26. The van der Waals surface area contributed by atoms with Crippen molar-refractivity contribution in [2.75, 3.05) is 20.3 Å². The maximum Gasteiger partial charge on any atom is 0.123 e. The molecule has 2 rings (SSSR count). The van der Waals surface area contributed by atoms with Crippen molar-refractivity contribution >= 4 is 0 Å². The standard InChI is InChI=1S/C14H20O3/c1-16-7-2-8-17-14-9-11(10-15)3-6-13(14)12-4-5-12/h3,6,9,12,15H,2,4-5,7-8,10H2,1H3. The SMILES string of the molecule is COCCCOc1cc(CO)ccc1C1CC1. The van der Waals surface area contributed by atoms with E-state index in [0.717, 1.165) is 24.3 Å². The molecule has 3 heteroatoms. The van der Waals surface area contributed by atoms with Gasteiger partial charge >= 0.3 is 0 Å². The molecule has 1 aliphatic carbocycles. The summed E-state index contributed by atoms with van der Waals surface area (Å²) in [4.78, 5) is 0. The number of aliphatic hydroxyl groups excluding tert-OH is 1. The van der Waals surface area contributed by atoms with Gasteiger partial charge in [-0.25, -0.2) is 0 Å². The number of benzene rings is 1. The van der Waals surface area contributed by atoms with E-state index in [1.165, 1.54) is 18.4 Å². The van der Waals surface area contributed by atoms with Crippen molar-refractivity contribution < 1.29 is 14.6 Å². The summed E-state index contributed by atoms with van der Waals surface area (Å²) in [6.45, 7) is 1.46. The number of hydrogen-bond donors (Lipinski definition) is 1. The van der Waals surface area contributed by atoms with Gasteiger partial charge in [-0.3, -0.25) is 0 Å². The summed E-state index contributed by atoms with van der Waals surface area (Å²) in [5.41, 5.74) is 2.20. The highest BCUT2D eigenvalue weighted by molar-refractivity contribution is 5.41. The topological polar surface area (TPSA) is 38.7 Å². The Morgan fingerprint density at radius 2 is 2.12 bits per heavy atom. The maximum atomic E-state index is 9.14. The molecule has 0 heterocycles. The lowest BCUT2D eigenvalue weighted by molar-refractivity contribution is 0.171. The first-order valence-corrected chi connectivity index (χ1v) is 6.20. The summed E-state index contributed by atoms with van der Waals surface area (Å²) in [5, 5.41) is 9.14. The van der Waals surface area contributed by atoms with Gasteiger partial charge < -0.3 is 14.6 Å². The first-order chi connectivity index (χ1) is 8.35. The second-order valence-electron chi connectivity index (χ2n) is 4.50. The van der Waals surface area contributed by atoms with E-state index >= 15 is 0 Å². The van der Waals surface area contributed by atoms with E-state index in [0.29, 0.717) is 12.5 Å². The number of methoxy groups -OCH3 is 1. The molecule has 1 saturated carbocycles. The van der Waals surface area contributed by atoms with E-state index in [1.807, 2.05) is 12.1 Å². The van der Waals surface area contributed by atoms with Crippen LogP contribution >= 0.6 is 0 Å². The molecule has 1 fully saturated rings. The highest BCUT2D eigenvalue weighted by atomic mass is 16.5. The van der Waals surface area contributed by atoms with Gasteiger partial charge in [0, 0.05) is 20.1 Å². The van der Waals surface area contributed by atoms with Crippen molar-refractivity contribution in [2.45, 2.75) is 31.8 Å². The molecule has 0 bridgehead atoms. The quantitative estimate of drug-likeness (QED) is 0.739. The van der Waals surface area contributed by atoms with E-state index < -0.39 is 0 Å². The van der Waals surface area contributed by atoms with Crippen LogP contribution in [0.2, 0.25) is 0 Å². The van der Waals surface area contributed by atoms with Gasteiger partial charge in [-0.2, -0.15) is 0 Å². The predicted molar refractivity (Wildman–Crippen MR) is 66.3 cm³/mol. The highest BCUT2D eigenvalue weighted by Crippen LogP contribution is 2.44. The lowest BCUT2D eigenvalue weighted by Gasteiger charge is -2.12. The van der Waals surface area contributed by atoms with Crippen molar-refractivity contribution in [1.29, 1.82) is 0 Å². The zero-order valence-electron chi connectivity index (χ0n) is 10.3. The number of aliphatic hydroxyl groups is 1. The Morgan fingerprint density at radius 1 is 1.29 bits per heavy atom. The summed E-state index contributed by atoms with van der Waals surface area (Å²) in [6.07, 6.45) is 3.41. The van der Waals surface area contributed by atoms with Crippen LogP contribution in [0.4, 0.5) is 0 Å². The normalized spacial score (nSPS) is 14.9. The van der Waals surface area contributed by atoms with Crippen LogP contribution in [0, 0.1) is 0 Å². The molecule has 1 N–H and O–H groups in total. The predicted octanol–water partition coefficient (Wildman–Crippen LogP) is 2.47. The summed E-state index contributed by atoms with van der Waals surface area (Å²) >= 11 is 0. The van der Waals surface area contributed by atoms with Crippen LogP contribution in [-0.4, -0.2) is 25.4 Å². The molecule has 0 aliphatic heterocycles. The monoisotopic (exact) mass is 236 g/mol. The lowest BCUT2D eigenvalue weighted by atomic mass is 10.1. The molecule has 17 heavy (non-hydrogen) atoms. The second kappa shape index (κ2) is 6.03. The molecule has 0 radical (unpaired) electrons. The molecule has 0 atom stereocenters. The van der Waals surface area contributed by atoms with Crippen LogP contribution in [0.15, 0.2) is 18.2 Å². The van der Waals surface area contributed by atoms with Gasteiger partial charge in [0.25, 0.3) is 0 Å². The molecule has 1 aliphatic rings. The first-order valence-electron chi connectivity index (χ1n) is 6.20. The average Bonchev–Trinajstić information content (AvgIpc) is 3.18. The molecule has 1 aromatic rings. The van der Waals surface area contributed by atoms with Gasteiger partial charge in [0.2, 0.25) is 0 Å². The maximum absolute atomic E-state index is 9.14. The average molecular weight is 236 g/mol. The zero-order chi connectivity index (χ0) is 12.1. The Balaban J connectivity index is 2.00. The van der Waals surface area contributed by atoms with Gasteiger partial charge in [-0.15, -0.1) is 0 Å². The van der Waals surface area contributed by atoms with Crippen molar-refractivity contribution in [1.82, 2.24) is 0 Å². The van der Waals surface area contributed by atoms with E-state index in [2.05, 4.69) is 6.07 Å². The molecule has 94 valence electrons. The van der Waals surface area contributed by atoms with Crippen LogP contribution in [0.5, 0.6) is 5.75 Å². The van der Waals surface area contributed by atoms with Crippen molar-refractivity contribution in [3.05, 3.63) is 29.3 Å². The van der Waals surface area contributed by atoms with Crippen LogP contribution in [0.25, 0.3) is 0 Å². The Morgan fingerprint density at radius 3 is 2.76 bits per heavy atom. The second-order valence-corrected chi connectivity index (χ2v) is 4.50. The Hall–Kier alpha value is -1.06. The smallest absolute Gasteiger partial charge is 0.123 e. The minimum atomic E-state index is 0.0688. The third-order valence-electron chi connectivity index (χ3n) is 3.03. The Bertz CT molecular complexity index is 358. The third kappa shape index (κ3) is 3.45. The van der Waals surface area contributed by atoms with Crippen LogP contribution in [0.1, 0.15) is 36.3 Å². The minimum absolute atomic E-state index is 0.0688. The van der Waals surface area contributed by atoms with Crippen molar-refractivity contribution in [3.63, 3.8) is 0 Å². The van der Waals surface area contributed by atoms with Gasteiger partial charge in [-0.05, 0) is 36.0 Å². The van der Waals surface area contributed by atoms with Gasteiger partial charge in [0.05, 0.1) is 13.2 Å². The van der Waals surface area contributed by atoms with Gasteiger partial charge in [0.15, 0.2) is 0 Å². The number of rotatable bonds is 7. The zero-order valence-corrected chi connectivity index (χ0v) is 10.3. The van der Waals surface area contributed by atoms with Crippen molar-refractivity contribution in [2.24, 2.45) is 0 Å². The lowest BCUT2D eigenvalue weighted by Crippen LogP contribution is -2.03. The van der Waals surface area contributed by atoms with E-state index in [9.17, 15) is 0 Å². The molecule has 0 amide bonds. The fourth-order valence-corrected chi connectivity index (χ4v) is 1.92. The minimum Gasteiger partial charge on any atom is -0.493 e. The molecule has 0 saturated heterocycles. The van der Waals surface area contributed by atoms with E-state index in [-0.39, 0.29) is 6.61 Å². The van der Waals surface area contributed by atoms with Gasteiger partial charge in [0.1, 0.15) is 5.75 Å². The largest absolute Gasteiger partial charge is 0.493 e. The first kappa shape index (κ1) is 12.4. The fourth-order valence-electron chi connectivity index (χ4n) is 1.92. The van der Waals surface area contributed by atoms with Crippen LogP contribution in [-0.2, 0) is 11.3 Å². The molecule has 0 aromatic heterocycles. The Labute approximate surface area is 102 Å². The fraction of sp³-hybridized carbons (Fsp3) is 0.571. The van der Waals surface area contributed by atoms with E-state index in [1.54, 1.807) is 7.11 Å². The van der Waals surface area contributed by atoms with Crippen molar-refractivity contribution in [3.8, 4) is 5.75 Å². The molecule has 3 nitrogen and oxygen atoms in total. The molecule has 1 aromatic carbocycles. The molecular weight excluding hydrogens is 216 g/mol. The summed E-state index contributed by atoms with van der Waals surface area (Å²) in [6, 6.07) is 6.03. The molecule has 0 unspecified atom stereocenters. The van der Waals surface area contributed by atoms with Gasteiger partial charge in [-0.1, -0.05) is 12.1 Å².